The maximum atomic E-state index is 12.6. The Balaban J connectivity index is 2.15. The molecular formula is C23H23Cl2NO6S. The van der Waals surface area contributed by atoms with Crippen LogP contribution in [0.2, 0.25) is 10.0 Å². The number of carboxylic acid groups (broad SMARTS) is 1. The van der Waals surface area contributed by atoms with Crippen LogP contribution in [-0.2, 0) is 17.6 Å². The minimum absolute atomic E-state index is 0.0266. The summed E-state index contributed by atoms with van der Waals surface area (Å²) in [6, 6.07) is 8.82. The molecule has 7 nitrogen and oxygen atoms in total. The average Bonchev–Trinajstić information content (AvgIpc) is 3.22. The van der Waals surface area contributed by atoms with Crippen molar-refractivity contribution in [3.8, 4) is 11.5 Å². The number of aromatic nitrogens is 1. The first-order valence-electron chi connectivity index (χ1n) is 9.99. The maximum absolute atomic E-state index is 12.6. The van der Waals surface area contributed by atoms with Crippen LogP contribution in [-0.4, -0.2) is 37.0 Å². The summed E-state index contributed by atoms with van der Waals surface area (Å²) in [7, 11) is 3.02. The van der Waals surface area contributed by atoms with E-state index in [0.717, 1.165) is 4.88 Å². The third kappa shape index (κ3) is 5.70. The number of methoxy groups -OCH3 is 2. The van der Waals surface area contributed by atoms with Crippen LogP contribution in [0.3, 0.4) is 0 Å². The molecule has 2 aromatic heterocycles. The number of carbonyl (C=O) groups is 1. The van der Waals surface area contributed by atoms with Crippen LogP contribution in [0.1, 0.15) is 32.7 Å². The third-order valence-corrected chi connectivity index (χ3v) is 7.21. The monoisotopic (exact) mass is 511 g/mol. The molecule has 3 rings (SSSR count). The predicted molar refractivity (Wildman–Crippen MR) is 127 cm³/mol. The first-order chi connectivity index (χ1) is 15.8. The van der Waals surface area contributed by atoms with Crippen molar-refractivity contribution < 1.29 is 29.2 Å². The number of benzene rings is 1. The van der Waals surface area contributed by atoms with Gasteiger partial charge in [-0.25, -0.2) is 0 Å². The maximum Gasteiger partial charge on any atom is 0.312 e. The first kappa shape index (κ1) is 25.1. The zero-order chi connectivity index (χ0) is 24.1. The zero-order valence-corrected chi connectivity index (χ0v) is 20.3. The van der Waals surface area contributed by atoms with Crippen molar-refractivity contribution in [1.29, 1.82) is 0 Å². The molecule has 0 aliphatic heterocycles. The van der Waals surface area contributed by atoms with E-state index in [0.29, 0.717) is 38.7 Å². The Bertz CT molecular complexity index is 1110. The molecule has 2 heterocycles. The molecule has 0 radical (unpaired) electrons. The fourth-order valence-corrected chi connectivity index (χ4v) is 5.51. The van der Waals surface area contributed by atoms with Gasteiger partial charge in [0.15, 0.2) is 23.9 Å². The Morgan fingerprint density at radius 1 is 1.12 bits per heavy atom. The normalized spacial score (nSPS) is 12.9. The van der Waals surface area contributed by atoms with Crippen LogP contribution in [0.25, 0.3) is 0 Å². The molecule has 3 aromatic rings. The van der Waals surface area contributed by atoms with E-state index in [2.05, 4.69) is 0 Å². The summed E-state index contributed by atoms with van der Waals surface area (Å²) in [5.74, 6) is -1.59. The summed E-state index contributed by atoms with van der Waals surface area (Å²) in [4.78, 5) is 14.1. The van der Waals surface area contributed by atoms with Gasteiger partial charge in [-0.1, -0.05) is 29.3 Å². The molecule has 0 bridgehead atoms. The number of ether oxygens (including phenoxy) is 2. The third-order valence-electron chi connectivity index (χ3n) is 5.33. The molecule has 0 amide bonds. The van der Waals surface area contributed by atoms with E-state index in [9.17, 15) is 20.2 Å². The zero-order valence-electron chi connectivity index (χ0n) is 18.0. The van der Waals surface area contributed by atoms with E-state index in [1.54, 1.807) is 24.3 Å². The molecule has 0 aliphatic carbocycles. The van der Waals surface area contributed by atoms with Gasteiger partial charge in [0.2, 0.25) is 0 Å². The molecule has 176 valence electrons. The lowest BCUT2D eigenvalue weighted by Gasteiger charge is -2.25. The highest BCUT2D eigenvalue weighted by atomic mass is 35.5. The molecule has 0 saturated heterocycles. The first-order valence-corrected chi connectivity index (χ1v) is 11.6. The summed E-state index contributed by atoms with van der Waals surface area (Å²) < 4.78 is 11.3. The number of halogens is 2. The second kappa shape index (κ2) is 11.1. The molecule has 0 saturated carbocycles. The summed E-state index contributed by atoms with van der Waals surface area (Å²) in [5.41, 5.74) is 1.16. The van der Waals surface area contributed by atoms with Gasteiger partial charge in [-0.2, -0.15) is 4.73 Å². The highest BCUT2D eigenvalue weighted by Gasteiger charge is 2.34. The highest BCUT2D eigenvalue weighted by Crippen LogP contribution is 2.43. The number of aliphatic carboxylic acids is 1. The van der Waals surface area contributed by atoms with Crippen LogP contribution in [0, 0.1) is 5.21 Å². The number of thiophene rings is 1. The molecule has 0 spiro atoms. The number of hydrogen-bond donors (Lipinski definition) is 2. The Morgan fingerprint density at radius 2 is 1.79 bits per heavy atom. The van der Waals surface area contributed by atoms with Crippen molar-refractivity contribution in [2.45, 2.75) is 24.7 Å². The molecule has 33 heavy (non-hydrogen) atoms. The average molecular weight is 512 g/mol. The molecule has 2 atom stereocenters. The topological polar surface area (TPSA) is 103 Å². The van der Waals surface area contributed by atoms with E-state index in [1.165, 1.54) is 38.0 Å². The molecule has 10 heteroatoms. The van der Waals surface area contributed by atoms with E-state index >= 15 is 0 Å². The smallest absolute Gasteiger partial charge is 0.312 e. The van der Waals surface area contributed by atoms with E-state index in [1.807, 2.05) is 6.07 Å². The number of carboxylic acids is 1. The lowest BCUT2D eigenvalue weighted by atomic mass is 9.80. The van der Waals surface area contributed by atoms with Crippen LogP contribution < -0.4 is 14.2 Å². The van der Waals surface area contributed by atoms with Crippen molar-refractivity contribution in [3.63, 3.8) is 0 Å². The van der Waals surface area contributed by atoms with Crippen molar-refractivity contribution >= 4 is 40.5 Å². The van der Waals surface area contributed by atoms with Crippen LogP contribution in [0.5, 0.6) is 11.5 Å². The Labute approximate surface area is 205 Å². The SMILES string of the molecule is COc1ccc([C@@H](Cc2c(Cl)c[n+]([O-])cc2Cl)C(C(=O)O)c2ccc(CCO)s2)cc1OC. The van der Waals surface area contributed by atoms with Gasteiger partial charge in [0.25, 0.3) is 0 Å². The second-order valence-electron chi connectivity index (χ2n) is 7.31. The van der Waals surface area contributed by atoms with Crippen molar-refractivity contribution in [1.82, 2.24) is 0 Å². The van der Waals surface area contributed by atoms with Crippen LogP contribution in [0.15, 0.2) is 42.7 Å². The van der Waals surface area contributed by atoms with E-state index in [-0.39, 0.29) is 23.1 Å². The Kier molecular flexibility index (Phi) is 8.42. The molecule has 1 unspecified atom stereocenters. The van der Waals surface area contributed by atoms with Crippen molar-refractivity contribution in [2.24, 2.45) is 0 Å². The minimum atomic E-state index is -1.02. The van der Waals surface area contributed by atoms with E-state index in [4.69, 9.17) is 32.7 Å². The lowest BCUT2D eigenvalue weighted by Crippen LogP contribution is -2.26. The van der Waals surface area contributed by atoms with Crippen molar-refractivity contribution in [2.75, 3.05) is 20.8 Å². The highest BCUT2D eigenvalue weighted by molar-refractivity contribution is 7.12. The summed E-state index contributed by atoms with van der Waals surface area (Å²) >= 11 is 14.0. The van der Waals surface area contributed by atoms with Gasteiger partial charge in [0.05, 0.1) is 20.1 Å². The van der Waals surface area contributed by atoms with Gasteiger partial charge in [-0.15, -0.1) is 11.3 Å². The molecule has 1 aromatic carbocycles. The Hall–Kier alpha value is -2.52. The molecule has 0 aliphatic rings. The second-order valence-corrected chi connectivity index (χ2v) is 9.33. The fourth-order valence-electron chi connectivity index (χ4n) is 3.76. The largest absolute Gasteiger partial charge is 0.619 e. The van der Waals surface area contributed by atoms with E-state index < -0.39 is 17.8 Å². The summed E-state index contributed by atoms with van der Waals surface area (Å²) in [6.45, 7) is -0.0266. The number of aliphatic hydroxyl groups excluding tert-OH is 1. The van der Waals surface area contributed by atoms with Gasteiger partial charge >= 0.3 is 5.97 Å². The Morgan fingerprint density at radius 3 is 2.36 bits per heavy atom. The standard InChI is InChI=1S/C23H23Cl2NO6S/c1-31-19-5-3-13(9-20(19)32-2)15(10-16-17(24)11-26(30)12-18(16)25)22(23(28)29)21-6-4-14(33-21)7-8-27/h3-6,9,11-12,15,22,27H,7-8,10H2,1-2H3,(H,28,29)/t15-,22?/m1/s1. The van der Waals surface area contributed by atoms with Crippen LogP contribution in [0.4, 0.5) is 0 Å². The van der Waals surface area contributed by atoms with Gasteiger partial charge < -0.3 is 24.9 Å². The van der Waals surface area contributed by atoms with Gasteiger partial charge in [0, 0.05) is 34.3 Å². The quantitative estimate of drug-likeness (QED) is 0.308. The van der Waals surface area contributed by atoms with Crippen LogP contribution >= 0.6 is 34.5 Å². The number of pyridine rings is 1. The lowest BCUT2D eigenvalue weighted by molar-refractivity contribution is -0.605. The number of nitrogens with zero attached hydrogens (tertiary/aromatic N) is 1. The number of hydrogen-bond acceptors (Lipinski definition) is 6. The van der Waals surface area contributed by atoms with Crippen molar-refractivity contribution in [3.05, 3.63) is 78.9 Å². The summed E-state index contributed by atoms with van der Waals surface area (Å²) in [6.07, 6.45) is 2.99. The number of aliphatic hydroxyl groups is 1. The molecule has 0 fully saturated rings. The van der Waals surface area contributed by atoms with Gasteiger partial charge in [-0.3, -0.25) is 4.79 Å². The predicted octanol–water partition coefficient (Wildman–Crippen LogP) is 4.44. The number of rotatable bonds is 10. The fraction of sp³-hybridized carbons (Fsp3) is 0.304. The molecule has 2 N–H and O–H groups in total. The molecular weight excluding hydrogens is 489 g/mol. The van der Waals surface area contributed by atoms with Gasteiger partial charge in [0.1, 0.15) is 10.0 Å². The minimum Gasteiger partial charge on any atom is -0.619 e. The van der Waals surface area contributed by atoms with Gasteiger partial charge in [-0.05, 0) is 36.2 Å². The summed E-state index contributed by atoms with van der Waals surface area (Å²) in [5, 5.41) is 31.5.